The average molecular weight is 233 g/mol. The second-order valence-corrected chi connectivity index (χ2v) is 3.71. The van der Waals surface area contributed by atoms with Crippen molar-refractivity contribution in [3.05, 3.63) is 0 Å². The number of nitrogens with two attached hydrogens (primary N) is 1. The minimum atomic E-state index is -4.06. The van der Waals surface area contributed by atoms with Gasteiger partial charge in [-0.1, -0.05) is 0 Å². The first-order valence-electron chi connectivity index (χ1n) is 4.45. The first-order chi connectivity index (χ1) is 5.88. The lowest BCUT2D eigenvalue weighted by molar-refractivity contribution is -0.145. The van der Waals surface area contributed by atoms with E-state index in [1.165, 1.54) is 0 Å². The van der Waals surface area contributed by atoms with Crippen molar-refractivity contribution in [2.75, 3.05) is 13.1 Å². The second-order valence-electron chi connectivity index (χ2n) is 3.71. The molecule has 0 aromatic carbocycles. The zero-order valence-corrected chi connectivity index (χ0v) is 8.87. The van der Waals surface area contributed by atoms with E-state index in [0.29, 0.717) is 13.1 Å². The third kappa shape index (κ3) is 4.48. The predicted molar refractivity (Wildman–Crippen MR) is 51.5 cm³/mol. The summed E-state index contributed by atoms with van der Waals surface area (Å²) in [5.74, 6) is 0. The first kappa shape index (κ1) is 14.0. The van der Waals surface area contributed by atoms with Crippen LogP contribution in [0, 0.1) is 0 Å². The number of rotatable bonds is 2. The minimum Gasteiger partial charge on any atom is -0.326 e. The van der Waals surface area contributed by atoms with Crippen LogP contribution in [-0.4, -0.2) is 36.2 Å². The summed E-state index contributed by atoms with van der Waals surface area (Å²) in [6.07, 6.45) is -3.99. The van der Waals surface area contributed by atoms with Crippen molar-refractivity contribution in [1.29, 1.82) is 0 Å². The Morgan fingerprint density at radius 2 is 2.07 bits per heavy atom. The largest absolute Gasteiger partial charge is 0.390 e. The van der Waals surface area contributed by atoms with Crippen molar-refractivity contribution in [2.45, 2.75) is 38.0 Å². The van der Waals surface area contributed by atoms with Crippen molar-refractivity contribution < 1.29 is 13.2 Å². The lowest BCUT2D eigenvalue weighted by Gasteiger charge is -2.24. The lowest BCUT2D eigenvalue weighted by atomic mass is 10.2. The maximum atomic E-state index is 12.0. The Labute approximate surface area is 88.0 Å². The number of likely N-dealkylation sites (tertiary alicyclic amines) is 1. The van der Waals surface area contributed by atoms with Gasteiger partial charge in [-0.2, -0.15) is 13.2 Å². The molecule has 0 saturated carbocycles. The quantitative estimate of drug-likeness (QED) is 0.787. The fourth-order valence-corrected chi connectivity index (χ4v) is 1.68. The van der Waals surface area contributed by atoms with Crippen molar-refractivity contribution >= 4 is 12.4 Å². The molecule has 1 aliphatic heterocycles. The Hall–Kier alpha value is 0. The van der Waals surface area contributed by atoms with Crippen LogP contribution in [0.2, 0.25) is 0 Å². The highest BCUT2D eigenvalue weighted by molar-refractivity contribution is 5.85. The smallest absolute Gasteiger partial charge is 0.326 e. The van der Waals surface area contributed by atoms with E-state index in [1.54, 1.807) is 11.8 Å². The van der Waals surface area contributed by atoms with Crippen LogP contribution in [0.1, 0.15) is 19.8 Å². The molecule has 0 radical (unpaired) electrons. The summed E-state index contributed by atoms with van der Waals surface area (Å²) in [6, 6.07) is -0.385. The second kappa shape index (κ2) is 5.19. The Balaban J connectivity index is 0.00000169. The van der Waals surface area contributed by atoms with Gasteiger partial charge in [0, 0.05) is 25.2 Å². The van der Waals surface area contributed by atoms with Gasteiger partial charge in [0.25, 0.3) is 0 Å². The summed E-state index contributed by atoms with van der Waals surface area (Å²) in [4.78, 5) is 1.80. The molecule has 1 aliphatic rings. The monoisotopic (exact) mass is 232 g/mol. The zero-order valence-electron chi connectivity index (χ0n) is 8.05. The molecule has 0 bridgehead atoms. The Bertz CT molecular complexity index is 174. The SMILES string of the molecule is CC(CC(F)(F)F)N1CC[C@H](N)C1.Cl. The van der Waals surface area contributed by atoms with Crippen LogP contribution in [0.3, 0.4) is 0 Å². The summed E-state index contributed by atoms with van der Waals surface area (Å²) in [7, 11) is 0. The van der Waals surface area contributed by atoms with Crippen LogP contribution in [0.4, 0.5) is 13.2 Å². The fraction of sp³-hybridized carbons (Fsp3) is 1.00. The molecular weight excluding hydrogens is 217 g/mol. The molecule has 0 amide bonds. The minimum absolute atomic E-state index is 0. The molecule has 1 fully saturated rings. The van der Waals surface area contributed by atoms with E-state index < -0.39 is 18.6 Å². The van der Waals surface area contributed by atoms with Gasteiger partial charge in [0.1, 0.15) is 0 Å². The highest BCUT2D eigenvalue weighted by atomic mass is 35.5. The molecule has 2 atom stereocenters. The Kier molecular flexibility index (Phi) is 5.19. The summed E-state index contributed by atoms with van der Waals surface area (Å²) in [5.41, 5.74) is 5.60. The third-order valence-corrected chi connectivity index (χ3v) is 2.41. The fourth-order valence-electron chi connectivity index (χ4n) is 1.68. The molecule has 6 heteroatoms. The summed E-state index contributed by atoms with van der Waals surface area (Å²) in [6.45, 7) is 2.89. The van der Waals surface area contributed by atoms with Crippen molar-refractivity contribution in [2.24, 2.45) is 5.73 Å². The van der Waals surface area contributed by atoms with Crippen molar-refractivity contribution in [1.82, 2.24) is 4.90 Å². The Morgan fingerprint density at radius 3 is 2.43 bits per heavy atom. The van der Waals surface area contributed by atoms with E-state index in [-0.39, 0.29) is 18.4 Å². The number of hydrogen-bond donors (Lipinski definition) is 1. The van der Waals surface area contributed by atoms with Gasteiger partial charge in [0.2, 0.25) is 0 Å². The van der Waals surface area contributed by atoms with Gasteiger partial charge >= 0.3 is 6.18 Å². The highest BCUT2D eigenvalue weighted by Gasteiger charge is 2.34. The van der Waals surface area contributed by atoms with Gasteiger partial charge in [-0.25, -0.2) is 0 Å². The summed E-state index contributed by atoms with van der Waals surface area (Å²) >= 11 is 0. The van der Waals surface area contributed by atoms with Crippen LogP contribution in [-0.2, 0) is 0 Å². The molecule has 0 aromatic rings. The van der Waals surface area contributed by atoms with Gasteiger partial charge in [0.15, 0.2) is 0 Å². The van der Waals surface area contributed by atoms with E-state index in [2.05, 4.69) is 0 Å². The molecule has 1 unspecified atom stereocenters. The van der Waals surface area contributed by atoms with E-state index >= 15 is 0 Å². The van der Waals surface area contributed by atoms with Gasteiger partial charge in [-0.3, -0.25) is 4.90 Å². The van der Waals surface area contributed by atoms with Crippen LogP contribution in [0.15, 0.2) is 0 Å². The Morgan fingerprint density at radius 1 is 1.50 bits per heavy atom. The van der Waals surface area contributed by atoms with Gasteiger partial charge in [0.05, 0.1) is 6.42 Å². The summed E-state index contributed by atoms with van der Waals surface area (Å²) < 4.78 is 36.0. The molecule has 0 spiro atoms. The van der Waals surface area contributed by atoms with Crippen LogP contribution >= 0.6 is 12.4 Å². The maximum absolute atomic E-state index is 12.0. The van der Waals surface area contributed by atoms with E-state index in [1.807, 2.05) is 0 Å². The number of halogens is 4. The molecule has 2 nitrogen and oxygen atoms in total. The third-order valence-electron chi connectivity index (χ3n) is 2.41. The van der Waals surface area contributed by atoms with Crippen LogP contribution in [0.25, 0.3) is 0 Å². The molecule has 86 valence electrons. The molecule has 0 aliphatic carbocycles. The number of hydrogen-bond acceptors (Lipinski definition) is 2. The number of nitrogens with zero attached hydrogens (tertiary/aromatic N) is 1. The van der Waals surface area contributed by atoms with Gasteiger partial charge < -0.3 is 5.73 Å². The molecule has 0 aromatic heterocycles. The van der Waals surface area contributed by atoms with Crippen LogP contribution in [0.5, 0.6) is 0 Å². The molecular formula is C8H16ClF3N2. The molecule has 1 rings (SSSR count). The zero-order chi connectivity index (χ0) is 10.1. The highest BCUT2D eigenvalue weighted by Crippen LogP contribution is 2.25. The van der Waals surface area contributed by atoms with Crippen molar-refractivity contribution in [3.63, 3.8) is 0 Å². The average Bonchev–Trinajstić information content (AvgIpc) is 2.31. The molecule has 14 heavy (non-hydrogen) atoms. The van der Waals surface area contributed by atoms with Gasteiger partial charge in [-0.05, 0) is 13.3 Å². The van der Waals surface area contributed by atoms with Crippen molar-refractivity contribution in [3.8, 4) is 0 Å². The standard InChI is InChI=1S/C8H15F3N2.ClH/c1-6(4-8(9,10)11)13-3-2-7(12)5-13;/h6-7H,2-5,12H2,1H3;1H/t6?,7-;/m0./s1. The van der Waals surface area contributed by atoms with E-state index in [0.717, 1.165) is 6.42 Å². The maximum Gasteiger partial charge on any atom is 0.390 e. The van der Waals surface area contributed by atoms with E-state index in [4.69, 9.17) is 5.73 Å². The predicted octanol–water partition coefficient (Wildman–Crippen LogP) is 1.78. The molecule has 1 saturated heterocycles. The molecule has 1 heterocycles. The molecule has 2 N–H and O–H groups in total. The first-order valence-corrected chi connectivity index (χ1v) is 4.45. The normalized spacial score (nSPS) is 25.9. The van der Waals surface area contributed by atoms with Gasteiger partial charge in [-0.15, -0.1) is 12.4 Å². The lowest BCUT2D eigenvalue weighted by Crippen LogP contribution is -2.36. The van der Waals surface area contributed by atoms with Crippen LogP contribution < -0.4 is 5.73 Å². The number of alkyl halides is 3. The summed E-state index contributed by atoms with van der Waals surface area (Å²) in [5, 5.41) is 0. The van der Waals surface area contributed by atoms with E-state index in [9.17, 15) is 13.2 Å². The topological polar surface area (TPSA) is 29.3 Å².